The van der Waals surface area contributed by atoms with Crippen LogP contribution in [-0.4, -0.2) is 14.6 Å². The van der Waals surface area contributed by atoms with Gasteiger partial charge in [0.15, 0.2) is 4.34 Å². The van der Waals surface area contributed by atoms with Gasteiger partial charge < -0.3 is 0 Å². The van der Waals surface area contributed by atoms with Crippen LogP contribution in [0.3, 0.4) is 0 Å². The zero-order valence-electron chi connectivity index (χ0n) is 10.4. The van der Waals surface area contributed by atoms with Gasteiger partial charge in [0.2, 0.25) is 0 Å². The Labute approximate surface area is 101 Å². The first-order chi connectivity index (χ1) is 6.80. The molecule has 1 atom stereocenters. The highest BCUT2D eigenvalue weighted by Crippen LogP contribution is 2.31. The van der Waals surface area contributed by atoms with E-state index in [0.29, 0.717) is 11.2 Å². The maximum Gasteiger partial charge on any atom is 0.170 e. The Bertz CT molecular complexity index is 313. The summed E-state index contributed by atoms with van der Waals surface area (Å²) in [5.74, 6) is 1.64. The Morgan fingerprint density at radius 3 is 2.20 bits per heavy atom. The van der Waals surface area contributed by atoms with Crippen molar-refractivity contribution in [3.05, 3.63) is 5.82 Å². The molecule has 1 rings (SSSR count). The summed E-state index contributed by atoms with van der Waals surface area (Å²) < 4.78 is 5.51. The van der Waals surface area contributed by atoms with Crippen LogP contribution in [0.15, 0.2) is 4.34 Å². The van der Waals surface area contributed by atoms with Gasteiger partial charge in [0.05, 0.1) is 0 Å². The lowest BCUT2D eigenvalue weighted by Crippen LogP contribution is -2.13. The maximum absolute atomic E-state index is 4.57. The fourth-order valence-electron chi connectivity index (χ4n) is 0.857. The van der Waals surface area contributed by atoms with E-state index in [0.717, 1.165) is 10.2 Å². The van der Waals surface area contributed by atoms with Crippen molar-refractivity contribution >= 4 is 23.3 Å². The lowest BCUT2D eigenvalue weighted by Gasteiger charge is -2.13. The van der Waals surface area contributed by atoms with E-state index in [-0.39, 0.29) is 5.41 Å². The van der Waals surface area contributed by atoms with Crippen LogP contribution < -0.4 is 0 Å². The molecule has 0 amide bonds. The van der Waals surface area contributed by atoms with E-state index < -0.39 is 0 Å². The molecule has 1 aromatic rings. The molecule has 0 N–H and O–H groups in total. The maximum atomic E-state index is 4.57. The molecule has 0 aliphatic rings. The molecule has 15 heavy (non-hydrogen) atoms. The molecule has 0 saturated carbocycles. The highest BCUT2D eigenvalue weighted by atomic mass is 32.2. The molecule has 0 aromatic carbocycles. The van der Waals surface area contributed by atoms with Gasteiger partial charge in [-0.15, -0.1) is 0 Å². The third-order valence-electron chi connectivity index (χ3n) is 2.30. The molecule has 4 heteroatoms. The molecule has 0 fully saturated rings. The van der Waals surface area contributed by atoms with E-state index in [9.17, 15) is 0 Å². The van der Waals surface area contributed by atoms with Gasteiger partial charge in [-0.25, -0.2) is 4.98 Å². The van der Waals surface area contributed by atoms with E-state index >= 15 is 0 Å². The molecule has 86 valence electrons. The van der Waals surface area contributed by atoms with Gasteiger partial charge in [-0.05, 0) is 17.5 Å². The van der Waals surface area contributed by atoms with E-state index in [1.807, 2.05) is 11.8 Å². The molecule has 1 heterocycles. The second kappa shape index (κ2) is 4.83. The van der Waals surface area contributed by atoms with Crippen LogP contribution >= 0.6 is 23.3 Å². The van der Waals surface area contributed by atoms with Crippen LogP contribution in [0.5, 0.6) is 0 Å². The largest absolute Gasteiger partial charge is 0.212 e. The third-order valence-corrected chi connectivity index (χ3v) is 4.54. The number of rotatable bonds is 3. The van der Waals surface area contributed by atoms with E-state index in [2.05, 4.69) is 50.9 Å². The minimum atomic E-state index is 0.0659. The van der Waals surface area contributed by atoms with Crippen molar-refractivity contribution in [3.8, 4) is 0 Å². The van der Waals surface area contributed by atoms with E-state index in [1.165, 1.54) is 11.5 Å². The normalized spacial score (nSPS) is 14.6. The van der Waals surface area contributed by atoms with Gasteiger partial charge >= 0.3 is 0 Å². The van der Waals surface area contributed by atoms with E-state index in [1.54, 1.807) is 0 Å². The molecule has 2 nitrogen and oxygen atoms in total. The summed E-state index contributed by atoms with van der Waals surface area (Å²) in [6.45, 7) is 13.2. The Hall–Kier alpha value is -0.0900. The van der Waals surface area contributed by atoms with Crippen LogP contribution in [0.2, 0.25) is 0 Å². The van der Waals surface area contributed by atoms with Gasteiger partial charge in [0, 0.05) is 10.7 Å². The minimum Gasteiger partial charge on any atom is -0.212 e. The van der Waals surface area contributed by atoms with Crippen LogP contribution in [0.25, 0.3) is 0 Å². The molecule has 0 bridgehead atoms. The van der Waals surface area contributed by atoms with Crippen molar-refractivity contribution in [2.45, 2.75) is 56.5 Å². The van der Waals surface area contributed by atoms with Crippen molar-refractivity contribution in [1.29, 1.82) is 0 Å². The number of hydrogen-bond acceptors (Lipinski definition) is 4. The fourth-order valence-corrected chi connectivity index (χ4v) is 2.93. The van der Waals surface area contributed by atoms with Crippen LogP contribution in [0.1, 0.15) is 47.4 Å². The first-order valence-corrected chi connectivity index (χ1v) is 6.97. The molecule has 0 aliphatic heterocycles. The second-order valence-electron chi connectivity index (χ2n) is 5.20. The number of aromatic nitrogens is 2. The zero-order chi connectivity index (χ0) is 11.6. The average molecular weight is 244 g/mol. The highest BCUT2D eigenvalue weighted by molar-refractivity contribution is 8.01. The molecule has 0 aliphatic carbocycles. The fraction of sp³-hybridized carbons (Fsp3) is 0.818. The second-order valence-corrected chi connectivity index (χ2v) is 7.58. The van der Waals surface area contributed by atoms with Gasteiger partial charge in [0.25, 0.3) is 0 Å². The first-order valence-electron chi connectivity index (χ1n) is 5.31. The minimum absolute atomic E-state index is 0.0659. The van der Waals surface area contributed by atoms with E-state index in [4.69, 9.17) is 0 Å². The van der Waals surface area contributed by atoms with Gasteiger partial charge in [-0.3, -0.25) is 0 Å². The third kappa shape index (κ3) is 3.76. The number of nitrogens with zero attached hydrogens (tertiary/aromatic N) is 2. The molecule has 0 spiro atoms. The molecule has 1 aromatic heterocycles. The van der Waals surface area contributed by atoms with Crippen molar-refractivity contribution in [1.82, 2.24) is 9.36 Å². The molecular weight excluding hydrogens is 224 g/mol. The SMILES string of the molecule is CC(C)C(C)Sc1nc(C(C)(C)C)ns1. The lowest BCUT2D eigenvalue weighted by atomic mass is 9.96. The van der Waals surface area contributed by atoms with Crippen molar-refractivity contribution < 1.29 is 0 Å². The molecular formula is C11H20N2S2. The number of hydrogen-bond donors (Lipinski definition) is 0. The summed E-state index contributed by atoms with van der Waals surface area (Å²) >= 11 is 3.36. The molecule has 0 saturated heterocycles. The highest BCUT2D eigenvalue weighted by Gasteiger charge is 2.20. The summed E-state index contributed by atoms with van der Waals surface area (Å²) in [6, 6.07) is 0. The van der Waals surface area contributed by atoms with Crippen LogP contribution in [-0.2, 0) is 5.41 Å². The Kier molecular flexibility index (Phi) is 4.18. The summed E-state index contributed by atoms with van der Waals surface area (Å²) in [5.41, 5.74) is 0.0659. The van der Waals surface area contributed by atoms with Gasteiger partial charge in [0.1, 0.15) is 5.82 Å². The summed E-state index contributed by atoms with van der Waals surface area (Å²) in [5, 5.41) is 0.603. The summed E-state index contributed by atoms with van der Waals surface area (Å²) in [4.78, 5) is 4.57. The molecule has 0 radical (unpaired) electrons. The van der Waals surface area contributed by atoms with Gasteiger partial charge in [-0.1, -0.05) is 53.3 Å². The number of thioether (sulfide) groups is 1. The Morgan fingerprint density at radius 2 is 1.80 bits per heavy atom. The van der Waals surface area contributed by atoms with Crippen molar-refractivity contribution in [3.63, 3.8) is 0 Å². The quantitative estimate of drug-likeness (QED) is 0.752. The van der Waals surface area contributed by atoms with Crippen LogP contribution in [0.4, 0.5) is 0 Å². The monoisotopic (exact) mass is 244 g/mol. The smallest absolute Gasteiger partial charge is 0.170 e. The predicted octanol–water partition coefficient (Wildman–Crippen LogP) is 3.97. The summed E-state index contributed by atoms with van der Waals surface area (Å²) in [7, 11) is 0. The standard InChI is InChI=1S/C11H20N2S2/c1-7(2)8(3)14-10-12-9(13-15-10)11(4,5)6/h7-8H,1-6H3. The van der Waals surface area contributed by atoms with Crippen molar-refractivity contribution in [2.75, 3.05) is 0 Å². The predicted molar refractivity (Wildman–Crippen MR) is 68.8 cm³/mol. The average Bonchev–Trinajstić information content (AvgIpc) is 2.51. The van der Waals surface area contributed by atoms with Gasteiger partial charge in [-0.2, -0.15) is 4.37 Å². The molecule has 1 unspecified atom stereocenters. The Morgan fingerprint density at radius 1 is 1.20 bits per heavy atom. The topological polar surface area (TPSA) is 25.8 Å². The summed E-state index contributed by atoms with van der Waals surface area (Å²) in [6.07, 6.45) is 0. The Balaban J connectivity index is 2.69. The van der Waals surface area contributed by atoms with Crippen molar-refractivity contribution in [2.24, 2.45) is 5.92 Å². The van der Waals surface area contributed by atoms with Crippen LogP contribution in [0, 0.1) is 5.92 Å². The first kappa shape index (κ1) is 13.0. The lowest BCUT2D eigenvalue weighted by molar-refractivity contribution is 0.551. The zero-order valence-corrected chi connectivity index (χ0v) is 12.0.